The molecular weight excluding hydrogens is 420 g/mol. The number of amides is 3. The Morgan fingerprint density at radius 3 is 2.65 bits per heavy atom. The molecule has 1 aromatic rings. The summed E-state index contributed by atoms with van der Waals surface area (Å²) < 4.78 is 10.5. The van der Waals surface area contributed by atoms with E-state index in [1.807, 2.05) is 18.2 Å². The number of ether oxygens (including phenoxy) is 2. The number of carbonyl (C=O) groups excluding carboxylic acids is 3. The van der Waals surface area contributed by atoms with Crippen molar-refractivity contribution in [1.29, 1.82) is 0 Å². The van der Waals surface area contributed by atoms with E-state index in [1.165, 1.54) is 11.8 Å². The van der Waals surface area contributed by atoms with Gasteiger partial charge in [0, 0.05) is 31.5 Å². The molecule has 0 bridgehead atoms. The average Bonchev–Trinajstić information content (AvgIpc) is 3.55. The van der Waals surface area contributed by atoms with Gasteiger partial charge >= 0.3 is 0 Å². The molecule has 1 aliphatic carbocycles. The smallest absolute Gasteiger partial charge is 0.230 e. The summed E-state index contributed by atoms with van der Waals surface area (Å²) >= 11 is 1.30. The maximum absolute atomic E-state index is 12.2. The molecule has 2 aliphatic rings. The van der Waals surface area contributed by atoms with Gasteiger partial charge in [0.15, 0.2) is 11.5 Å². The van der Waals surface area contributed by atoms with Gasteiger partial charge in [0.05, 0.1) is 20.0 Å². The van der Waals surface area contributed by atoms with Crippen LogP contribution in [0.25, 0.3) is 0 Å². The Hall–Kier alpha value is -2.46. The molecule has 3 rings (SSSR count). The lowest BCUT2D eigenvalue weighted by molar-refractivity contribution is -0.125. The van der Waals surface area contributed by atoms with Crippen LogP contribution in [0.5, 0.6) is 11.5 Å². The van der Waals surface area contributed by atoms with E-state index in [-0.39, 0.29) is 42.4 Å². The molecular formula is C21H30N4O5S. The van der Waals surface area contributed by atoms with Crippen LogP contribution in [-0.2, 0) is 20.8 Å². The first-order valence-electron chi connectivity index (χ1n) is 10.4. The Balaban J connectivity index is 1.36. The molecule has 1 saturated heterocycles. The van der Waals surface area contributed by atoms with Crippen molar-refractivity contribution in [3.8, 4) is 11.5 Å². The van der Waals surface area contributed by atoms with E-state index in [4.69, 9.17) is 9.47 Å². The van der Waals surface area contributed by atoms with Gasteiger partial charge in [-0.2, -0.15) is 0 Å². The van der Waals surface area contributed by atoms with Crippen LogP contribution < -0.4 is 30.7 Å². The molecule has 1 saturated carbocycles. The lowest BCUT2D eigenvalue weighted by atomic mass is 10.1. The van der Waals surface area contributed by atoms with Crippen LogP contribution in [-0.4, -0.2) is 61.8 Å². The first kappa shape index (κ1) is 23.2. The van der Waals surface area contributed by atoms with Crippen LogP contribution in [0.2, 0.25) is 0 Å². The first-order chi connectivity index (χ1) is 15.0. The van der Waals surface area contributed by atoms with Crippen molar-refractivity contribution in [2.75, 3.05) is 26.5 Å². The predicted molar refractivity (Wildman–Crippen MR) is 118 cm³/mol. The summed E-state index contributed by atoms with van der Waals surface area (Å²) in [5.41, 5.74) is 0.635. The molecule has 0 radical (unpaired) electrons. The Kier molecular flexibility index (Phi) is 8.42. The third kappa shape index (κ3) is 7.62. The Morgan fingerprint density at radius 2 is 1.94 bits per heavy atom. The SMILES string of the molecule is COc1ccc(CCNC(=O)CSC2NC(=O)CC(CC(=O)NC3CC3)N2)cc1OC. The highest BCUT2D eigenvalue weighted by atomic mass is 32.2. The van der Waals surface area contributed by atoms with E-state index in [0.717, 1.165) is 18.4 Å². The van der Waals surface area contributed by atoms with Gasteiger partial charge < -0.3 is 25.4 Å². The van der Waals surface area contributed by atoms with Crippen molar-refractivity contribution < 1.29 is 23.9 Å². The summed E-state index contributed by atoms with van der Waals surface area (Å²) in [5, 5.41) is 11.9. The second kappa shape index (κ2) is 11.2. The van der Waals surface area contributed by atoms with Crippen molar-refractivity contribution in [3.05, 3.63) is 23.8 Å². The molecule has 9 nitrogen and oxygen atoms in total. The molecule has 10 heteroatoms. The van der Waals surface area contributed by atoms with E-state index < -0.39 is 5.50 Å². The van der Waals surface area contributed by atoms with Gasteiger partial charge in [-0.05, 0) is 37.0 Å². The Labute approximate surface area is 186 Å². The molecule has 2 fully saturated rings. The second-order valence-electron chi connectivity index (χ2n) is 7.66. The first-order valence-corrected chi connectivity index (χ1v) is 11.5. The molecule has 2 atom stereocenters. The minimum atomic E-state index is -0.392. The molecule has 1 heterocycles. The highest BCUT2D eigenvalue weighted by molar-refractivity contribution is 8.00. The van der Waals surface area contributed by atoms with Crippen molar-refractivity contribution in [2.24, 2.45) is 0 Å². The molecule has 0 aromatic heterocycles. The van der Waals surface area contributed by atoms with Crippen molar-refractivity contribution in [2.45, 2.75) is 49.7 Å². The fourth-order valence-corrected chi connectivity index (χ4v) is 4.22. The fraction of sp³-hybridized carbons (Fsp3) is 0.571. The van der Waals surface area contributed by atoms with Crippen molar-refractivity contribution in [1.82, 2.24) is 21.3 Å². The molecule has 170 valence electrons. The molecule has 1 aromatic carbocycles. The highest BCUT2D eigenvalue weighted by Crippen LogP contribution is 2.27. The summed E-state index contributed by atoms with van der Waals surface area (Å²) in [7, 11) is 3.17. The van der Waals surface area contributed by atoms with E-state index in [0.29, 0.717) is 30.5 Å². The van der Waals surface area contributed by atoms with Gasteiger partial charge in [-0.1, -0.05) is 6.07 Å². The molecule has 0 spiro atoms. The van der Waals surface area contributed by atoms with Gasteiger partial charge in [-0.15, -0.1) is 11.8 Å². The van der Waals surface area contributed by atoms with Crippen LogP contribution in [0.4, 0.5) is 0 Å². The van der Waals surface area contributed by atoms with Gasteiger partial charge in [-0.3, -0.25) is 19.7 Å². The number of hydrogen-bond acceptors (Lipinski definition) is 7. The third-order valence-corrected chi connectivity index (χ3v) is 6.07. The van der Waals surface area contributed by atoms with Gasteiger partial charge in [0.1, 0.15) is 5.50 Å². The minimum absolute atomic E-state index is 0.0358. The Morgan fingerprint density at radius 1 is 1.16 bits per heavy atom. The number of benzene rings is 1. The van der Waals surface area contributed by atoms with Crippen LogP contribution in [0.3, 0.4) is 0 Å². The number of hydrogen-bond donors (Lipinski definition) is 4. The summed E-state index contributed by atoms with van der Waals surface area (Å²) in [5.74, 6) is 1.25. The highest BCUT2D eigenvalue weighted by Gasteiger charge is 2.30. The average molecular weight is 451 g/mol. The second-order valence-corrected chi connectivity index (χ2v) is 8.75. The number of carbonyl (C=O) groups is 3. The molecule has 31 heavy (non-hydrogen) atoms. The summed E-state index contributed by atoms with van der Waals surface area (Å²) in [6, 6.07) is 5.74. The van der Waals surface area contributed by atoms with Gasteiger partial charge in [-0.25, -0.2) is 0 Å². The van der Waals surface area contributed by atoms with Gasteiger partial charge in [0.25, 0.3) is 0 Å². The van der Waals surface area contributed by atoms with Crippen LogP contribution in [0, 0.1) is 0 Å². The topological polar surface area (TPSA) is 118 Å². The zero-order chi connectivity index (χ0) is 22.2. The zero-order valence-corrected chi connectivity index (χ0v) is 18.7. The fourth-order valence-electron chi connectivity index (χ4n) is 3.29. The lowest BCUT2D eigenvalue weighted by Crippen LogP contribution is -2.56. The van der Waals surface area contributed by atoms with Crippen LogP contribution >= 0.6 is 11.8 Å². The molecule has 1 aliphatic heterocycles. The lowest BCUT2D eigenvalue weighted by Gasteiger charge is -2.30. The third-order valence-electron chi connectivity index (χ3n) is 5.05. The van der Waals surface area contributed by atoms with Crippen LogP contribution in [0.1, 0.15) is 31.2 Å². The number of nitrogens with one attached hydrogen (secondary N) is 4. The largest absolute Gasteiger partial charge is 0.493 e. The van der Waals surface area contributed by atoms with Crippen LogP contribution in [0.15, 0.2) is 18.2 Å². The van der Waals surface area contributed by atoms with Crippen molar-refractivity contribution >= 4 is 29.5 Å². The quantitative estimate of drug-likeness (QED) is 0.388. The van der Waals surface area contributed by atoms with E-state index >= 15 is 0 Å². The molecule has 3 amide bonds. The maximum atomic E-state index is 12.2. The Bertz CT molecular complexity index is 802. The minimum Gasteiger partial charge on any atom is -0.493 e. The van der Waals surface area contributed by atoms with E-state index in [2.05, 4.69) is 21.3 Å². The summed E-state index contributed by atoms with van der Waals surface area (Å²) in [4.78, 5) is 36.1. The zero-order valence-electron chi connectivity index (χ0n) is 17.9. The summed E-state index contributed by atoms with van der Waals surface area (Å²) in [6.07, 6.45) is 3.24. The number of thioether (sulfide) groups is 1. The maximum Gasteiger partial charge on any atom is 0.230 e. The van der Waals surface area contributed by atoms with Gasteiger partial charge in [0.2, 0.25) is 17.7 Å². The molecule has 2 unspecified atom stereocenters. The predicted octanol–water partition coefficient (Wildman–Crippen LogP) is 0.526. The molecule has 4 N–H and O–H groups in total. The number of methoxy groups -OCH3 is 2. The standard InChI is InChI=1S/C21H30N4O5S/c1-29-16-6-3-13(9-17(16)30-2)7-8-22-20(28)12-31-21-24-15(11-19(27)25-21)10-18(26)23-14-4-5-14/h3,6,9,14-15,21,24H,4-5,7-8,10-12H2,1-2H3,(H,22,28)(H,23,26)(H,25,27). The summed E-state index contributed by atoms with van der Waals surface area (Å²) in [6.45, 7) is 0.489. The van der Waals surface area contributed by atoms with E-state index in [9.17, 15) is 14.4 Å². The van der Waals surface area contributed by atoms with Crippen molar-refractivity contribution in [3.63, 3.8) is 0 Å². The number of rotatable bonds is 11. The van der Waals surface area contributed by atoms with E-state index in [1.54, 1.807) is 14.2 Å². The normalized spacial score (nSPS) is 20.5. The monoisotopic (exact) mass is 450 g/mol.